The summed E-state index contributed by atoms with van der Waals surface area (Å²) in [7, 11) is 0. The van der Waals surface area contributed by atoms with Gasteiger partial charge in [0.1, 0.15) is 12.4 Å². The first kappa shape index (κ1) is 16.8. The summed E-state index contributed by atoms with van der Waals surface area (Å²) in [5.74, 6) is 0.695. The van der Waals surface area contributed by atoms with E-state index in [0.717, 1.165) is 24.9 Å². The zero-order valence-corrected chi connectivity index (χ0v) is 14.2. The molecule has 0 radical (unpaired) electrons. The van der Waals surface area contributed by atoms with E-state index in [1.807, 2.05) is 47.4 Å². The first-order valence-corrected chi connectivity index (χ1v) is 8.53. The standard InChI is InChI=1S/C19H21ClN2O2/c20-16-6-1-4-14(10-16)13-24-18-8-2-5-15(11-18)19(23)22-9-3-7-17(22)12-21/h1-2,4-6,8,10-11,17H,3,7,9,12-13,21H2. The van der Waals surface area contributed by atoms with Crippen LogP contribution in [0.3, 0.4) is 0 Å². The van der Waals surface area contributed by atoms with E-state index < -0.39 is 0 Å². The SMILES string of the molecule is NCC1CCCN1C(=O)c1cccc(OCc2cccc(Cl)c2)c1. The van der Waals surface area contributed by atoms with Crippen molar-refractivity contribution < 1.29 is 9.53 Å². The Morgan fingerprint density at radius 3 is 2.88 bits per heavy atom. The molecule has 0 bridgehead atoms. The van der Waals surface area contributed by atoms with Gasteiger partial charge >= 0.3 is 0 Å². The van der Waals surface area contributed by atoms with Gasteiger partial charge < -0.3 is 15.4 Å². The van der Waals surface area contributed by atoms with Gasteiger partial charge in [0.25, 0.3) is 5.91 Å². The molecule has 2 aromatic rings. The summed E-state index contributed by atoms with van der Waals surface area (Å²) >= 11 is 5.98. The summed E-state index contributed by atoms with van der Waals surface area (Å²) in [6.45, 7) is 1.69. The summed E-state index contributed by atoms with van der Waals surface area (Å²) in [4.78, 5) is 14.6. The van der Waals surface area contributed by atoms with Crippen LogP contribution in [0.2, 0.25) is 5.02 Å². The first-order valence-electron chi connectivity index (χ1n) is 8.15. The van der Waals surface area contributed by atoms with Crippen molar-refractivity contribution in [1.82, 2.24) is 4.90 Å². The van der Waals surface area contributed by atoms with Crippen LogP contribution < -0.4 is 10.5 Å². The number of benzene rings is 2. The van der Waals surface area contributed by atoms with Gasteiger partial charge in [-0.1, -0.05) is 29.8 Å². The number of hydrogen-bond donors (Lipinski definition) is 1. The number of ether oxygens (including phenoxy) is 1. The van der Waals surface area contributed by atoms with Crippen LogP contribution in [0.15, 0.2) is 48.5 Å². The largest absolute Gasteiger partial charge is 0.489 e. The average molecular weight is 345 g/mol. The molecule has 1 unspecified atom stereocenters. The smallest absolute Gasteiger partial charge is 0.254 e. The fraction of sp³-hybridized carbons (Fsp3) is 0.316. The Morgan fingerprint density at radius 1 is 1.25 bits per heavy atom. The quantitative estimate of drug-likeness (QED) is 0.903. The molecule has 0 aliphatic carbocycles. The molecule has 0 aromatic heterocycles. The number of nitrogens with zero attached hydrogens (tertiary/aromatic N) is 1. The van der Waals surface area contributed by atoms with Crippen molar-refractivity contribution in [2.45, 2.75) is 25.5 Å². The van der Waals surface area contributed by atoms with Gasteiger partial charge in [0.05, 0.1) is 0 Å². The highest BCUT2D eigenvalue weighted by Crippen LogP contribution is 2.22. The maximum atomic E-state index is 12.7. The lowest BCUT2D eigenvalue weighted by atomic mass is 10.1. The minimum absolute atomic E-state index is 0.0242. The maximum absolute atomic E-state index is 12.7. The average Bonchev–Trinajstić information content (AvgIpc) is 3.08. The van der Waals surface area contributed by atoms with Crippen LogP contribution in [0.4, 0.5) is 0 Å². The van der Waals surface area contributed by atoms with Crippen molar-refractivity contribution in [3.63, 3.8) is 0 Å². The van der Waals surface area contributed by atoms with Crippen molar-refractivity contribution in [2.75, 3.05) is 13.1 Å². The van der Waals surface area contributed by atoms with E-state index in [1.165, 1.54) is 0 Å². The van der Waals surface area contributed by atoms with Crippen molar-refractivity contribution in [1.29, 1.82) is 0 Å². The molecule has 1 heterocycles. The molecule has 1 fully saturated rings. The van der Waals surface area contributed by atoms with Crippen molar-refractivity contribution in [3.05, 3.63) is 64.7 Å². The second kappa shape index (κ2) is 7.69. The van der Waals surface area contributed by atoms with Gasteiger partial charge in [0, 0.05) is 29.7 Å². The Labute approximate surface area is 147 Å². The Balaban J connectivity index is 1.68. The van der Waals surface area contributed by atoms with Crippen LogP contribution in [0.5, 0.6) is 5.75 Å². The summed E-state index contributed by atoms with van der Waals surface area (Å²) in [5, 5.41) is 0.682. The number of amides is 1. The number of halogens is 1. The highest BCUT2D eigenvalue weighted by Gasteiger charge is 2.28. The molecular weight excluding hydrogens is 324 g/mol. The van der Waals surface area contributed by atoms with Gasteiger partial charge in [-0.05, 0) is 48.7 Å². The molecule has 0 saturated carbocycles. The Morgan fingerprint density at radius 2 is 2.08 bits per heavy atom. The van der Waals surface area contributed by atoms with E-state index in [1.54, 1.807) is 6.07 Å². The van der Waals surface area contributed by atoms with Gasteiger partial charge in [0.2, 0.25) is 0 Å². The van der Waals surface area contributed by atoms with Crippen LogP contribution in [-0.2, 0) is 6.61 Å². The molecule has 2 N–H and O–H groups in total. The van der Waals surface area contributed by atoms with Crippen LogP contribution in [-0.4, -0.2) is 29.9 Å². The fourth-order valence-corrected chi connectivity index (χ4v) is 3.24. The van der Waals surface area contributed by atoms with Gasteiger partial charge in [-0.2, -0.15) is 0 Å². The lowest BCUT2D eigenvalue weighted by Crippen LogP contribution is -2.39. The zero-order chi connectivity index (χ0) is 16.9. The summed E-state index contributed by atoms with van der Waals surface area (Å²) < 4.78 is 5.80. The third-order valence-corrected chi connectivity index (χ3v) is 4.52. The van der Waals surface area contributed by atoms with E-state index in [0.29, 0.717) is 29.5 Å². The zero-order valence-electron chi connectivity index (χ0n) is 13.5. The maximum Gasteiger partial charge on any atom is 0.254 e. The van der Waals surface area contributed by atoms with E-state index >= 15 is 0 Å². The molecular formula is C19H21ClN2O2. The summed E-state index contributed by atoms with van der Waals surface area (Å²) in [6.07, 6.45) is 1.99. The molecule has 1 aliphatic rings. The highest BCUT2D eigenvalue weighted by atomic mass is 35.5. The predicted octanol–water partition coefficient (Wildman–Crippen LogP) is 3.48. The van der Waals surface area contributed by atoms with E-state index in [-0.39, 0.29) is 11.9 Å². The third kappa shape index (κ3) is 3.89. The highest BCUT2D eigenvalue weighted by molar-refractivity contribution is 6.30. The van der Waals surface area contributed by atoms with Crippen LogP contribution >= 0.6 is 11.6 Å². The second-order valence-corrected chi connectivity index (χ2v) is 6.41. The normalized spacial score (nSPS) is 17.1. The van der Waals surface area contributed by atoms with E-state index in [9.17, 15) is 4.79 Å². The van der Waals surface area contributed by atoms with E-state index in [2.05, 4.69) is 0 Å². The summed E-state index contributed by atoms with van der Waals surface area (Å²) in [5.41, 5.74) is 7.39. The third-order valence-electron chi connectivity index (χ3n) is 4.29. The molecule has 1 atom stereocenters. The lowest BCUT2D eigenvalue weighted by molar-refractivity contribution is 0.0740. The second-order valence-electron chi connectivity index (χ2n) is 5.98. The van der Waals surface area contributed by atoms with Crippen LogP contribution in [0, 0.1) is 0 Å². The first-order chi connectivity index (χ1) is 11.7. The molecule has 24 heavy (non-hydrogen) atoms. The number of likely N-dealkylation sites (tertiary alicyclic amines) is 1. The topological polar surface area (TPSA) is 55.6 Å². The summed E-state index contributed by atoms with van der Waals surface area (Å²) in [6, 6.07) is 15.0. The minimum Gasteiger partial charge on any atom is -0.489 e. The number of rotatable bonds is 5. The van der Waals surface area contributed by atoms with Gasteiger partial charge in [0.15, 0.2) is 0 Å². The molecule has 5 heteroatoms. The van der Waals surface area contributed by atoms with Crippen molar-refractivity contribution in [2.24, 2.45) is 5.73 Å². The molecule has 1 saturated heterocycles. The van der Waals surface area contributed by atoms with Crippen LogP contribution in [0.1, 0.15) is 28.8 Å². The van der Waals surface area contributed by atoms with E-state index in [4.69, 9.17) is 22.1 Å². The molecule has 126 valence electrons. The number of carbonyl (C=O) groups is 1. The molecule has 0 spiro atoms. The number of hydrogen-bond acceptors (Lipinski definition) is 3. The lowest BCUT2D eigenvalue weighted by Gasteiger charge is -2.23. The fourth-order valence-electron chi connectivity index (χ4n) is 3.03. The van der Waals surface area contributed by atoms with Gasteiger partial charge in [-0.25, -0.2) is 0 Å². The molecule has 1 amide bonds. The monoisotopic (exact) mass is 344 g/mol. The molecule has 4 nitrogen and oxygen atoms in total. The number of carbonyl (C=O) groups excluding carboxylic acids is 1. The minimum atomic E-state index is 0.0242. The predicted molar refractivity (Wildman–Crippen MR) is 95.3 cm³/mol. The Kier molecular flexibility index (Phi) is 5.38. The molecule has 2 aromatic carbocycles. The van der Waals surface area contributed by atoms with Gasteiger partial charge in [-0.15, -0.1) is 0 Å². The molecule has 3 rings (SSSR count). The molecule has 1 aliphatic heterocycles. The Bertz CT molecular complexity index is 720. The Hall–Kier alpha value is -2.04. The van der Waals surface area contributed by atoms with Crippen molar-refractivity contribution in [3.8, 4) is 5.75 Å². The van der Waals surface area contributed by atoms with Crippen molar-refractivity contribution >= 4 is 17.5 Å². The van der Waals surface area contributed by atoms with Crippen LogP contribution in [0.25, 0.3) is 0 Å². The van der Waals surface area contributed by atoms with Gasteiger partial charge in [-0.3, -0.25) is 4.79 Å². The number of nitrogens with two attached hydrogens (primary N) is 1.